The third-order valence-electron chi connectivity index (χ3n) is 3.84. The third kappa shape index (κ3) is 3.34. The van der Waals surface area contributed by atoms with Crippen LogP contribution in [0.1, 0.15) is 25.3 Å². The first kappa shape index (κ1) is 15.8. The van der Waals surface area contributed by atoms with Crippen LogP contribution in [-0.4, -0.2) is 23.0 Å². The Morgan fingerprint density at radius 1 is 1.59 bits per heavy atom. The SMILES string of the molecule is Cc1c(OCC(=O)NC(C)(C#N)C2CC2)cccc1[N+](=O)[O-]. The van der Waals surface area contributed by atoms with Gasteiger partial charge >= 0.3 is 0 Å². The monoisotopic (exact) mass is 303 g/mol. The van der Waals surface area contributed by atoms with Gasteiger partial charge in [0.05, 0.1) is 16.6 Å². The molecule has 0 saturated heterocycles. The van der Waals surface area contributed by atoms with E-state index in [0.29, 0.717) is 5.56 Å². The summed E-state index contributed by atoms with van der Waals surface area (Å²) in [5, 5.41) is 22.7. The van der Waals surface area contributed by atoms with Crippen LogP contribution in [-0.2, 0) is 4.79 Å². The van der Waals surface area contributed by atoms with Crippen LogP contribution in [0.15, 0.2) is 18.2 Å². The van der Waals surface area contributed by atoms with Gasteiger partial charge in [0.25, 0.3) is 11.6 Å². The average Bonchev–Trinajstić information content (AvgIpc) is 3.30. The maximum absolute atomic E-state index is 11.9. The highest BCUT2D eigenvalue weighted by Gasteiger charge is 2.43. The van der Waals surface area contributed by atoms with Gasteiger partial charge < -0.3 is 10.1 Å². The molecule has 116 valence electrons. The van der Waals surface area contributed by atoms with Crippen molar-refractivity contribution in [2.24, 2.45) is 5.92 Å². The van der Waals surface area contributed by atoms with Gasteiger partial charge in [0, 0.05) is 6.07 Å². The Balaban J connectivity index is 1.98. The van der Waals surface area contributed by atoms with Crippen LogP contribution in [0.4, 0.5) is 5.69 Å². The highest BCUT2D eigenvalue weighted by molar-refractivity contribution is 5.79. The number of hydrogen-bond acceptors (Lipinski definition) is 5. The highest BCUT2D eigenvalue weighted by Crippen LogP contribution is 2.39. The first-order chi connectivity index (χ1) is 10.4. The van der Waals surface area contributed by atoms with Crippen molar-refractivity contribution < 1.29 is 14.5 Å². The van der Waals surface area contributed by atoms with Crippen molar-refractivity contribution in [2.45, 2.75) is 32.2 Å². The molecule has 1 saturated carbocycles. The van der Waals surface area contributed by atoms with E-state index in [0.717, 1.165) is 12.8 Å². The zero-order valence-corrected chi connectivity index (χ0v) is 12.5. The molecule has 1 aromatic carbocycles. The summed E-state index contributed by atoms with van der Waals surface area (Å²) >= 11 is 0. The minimum atomic E-state index is -0.877. The van der Waals surface area contributed by atoms with E-state index in [-0.39, 0.29) is 24.0 Å². The fourth-order valence-electron chi connectivity index (χ4n) is 2.31. The molecule has 1 N–H and O–H groups in total. The number of nitrogens with one attached hydrogen (secondary N) is 1. The van der Waals surface area contributed by atoms with Crippen LogP contribution in [0.5, 0.6) is 5.75 Å². The molecule has 2 rings (SSSR count). The summed E-state index contributed by atoms with van der Waals surface area (Å²) in [4.78, 5) is 22.3. The average molecular weight is 303 g/mol. The Morgan fingerprint density at radius 2 is 2.27 bits per heavy atom. The van der Waals surface area contributed by atoms with E-state index in [1.807, 2.05) is 0 Å². The Bertz CT molecular complexity index is 649. The first-order valence-electron chi connectivity index (χ1n) is 6.96. The van der Waals surface area contributed by atoms with Gasteiger partial charge in [-0.2, -0.15) is 5.26 Å². The second kappa shape index (κ2) is 6.02. The molecule has 0 aromatic heterocycles. The van der Waals surface area contributed by atoms with Crippen LogP contribution >= 0.6 is 0 Å². The fraction of sp³-hybridized carbons (Fsp3) is 0.467. The number of rotatable bonds is 6. The number of carbonyl (C=O) groups excluding carboxylic acids is 1. The maximum Gasteiger partial charge on any atom is 0.276 e. The van der Waals surface area contributed by atoms with Crippen molar-refractivity contribution in [1.82, 2.24) is 5.32 Å². The van der Waals surface area contributed by atoms with Gasteiger partial charge in [-0.1, -0.05) is 6.07 Å². The molecule has 1 aliphatic carbocycles. The van der Waals surface area contributed by atoms with Gasteiger partial charge in [-0.05, 0) is 38.7 Å². The predicted octanol–water partition coefficient (Wildman–Crippen LogP) is 2.09. The number of amides is 1. The lowest BCUT2D eigenvalue weighted by atomic mass is 9.98. The molecule has 0 heterocycles. The summed E-state index contributed by atoms with van der Waals surface area (Å²) in [6, 6.07) is 6.58. The van der Waals surface area contributed by atoms with Gasteiger partial charge in [0.2, 0.25) is 0 Å². The molecule has 1 amide bonds. The Kier molecular flexibility index (Phi) is 4.31. The third-order valence-corrected chi connectivity index (χ3v) is 3.84. The fourth-order valence-corrected chi connectivity index (χ4v) is 2.31. The molecule has 0 bridgehead atoms. The number of nitriles is 1. The maximum atomic E-state index is 11.9. The summed E-state index contributed by atoms with van der Waals surface area (Å²) in [6.07, 6.45) is 1.85. The summed E-state index contributed by atoms with van der Waals surface area (Å²) in [5.41, 5.74) is -0.568. The molecule has 1 fully saturated rings. The van der Waals surface area contributed by atoms with Crippen molar-refractivity contribution in [2.75, 3.05) is 6.61 Å². The molecular weight excluding hydrogens is 286 g/mol. The minimum absolute atomic E-state index is 0.0576. The molecule has 1 aromatic rings. The number of ether oxygens (including phenoxy) is 1. The topological polar surface area (TPSA) is 105 Å². The zero-order valence-electron chi connectivity index (χ0n) is 12.5. The molecule has 0 radical (unpaired) electrons. The van der Waals surface area contributed by atoms with Crippen LogP contribution in [0.25, 0.3) is 0 Å². The van der Waals surface area contributed by atoms with E-state index >= 15 is 0 Å². The summed E-state index contributed by atoms with van der Waals surface area (Å²) in [5.74, 6) is 0.0530. The van der Waals surface area contributed by atoms with Crippen LogP contribution in [0, 0.1) is 34.3 Å². The molecule has 1 unspecified atom stereocenters. The standard InChI is InChI=1S/C15H17N3O4/c1-10-12(18(20)21)4-3-5-13(10)22-8-14(19)17-15(2,9-16)11-6-7-11/h3-5,11H,6-8H2,1-2H3,(H,17,19). The van der Waals surface area contributed by atoms with Crippen molar-refractivity contribution in [1.29, 1.82) is 5.26 Å². The smallest absolute Gasteiger partial charge is 0.276 e. The number of nitrogens with zero attached hydrogens (tertiary/aromatic N) is 2. The number of nitro benzene ring substituents is 1. The molecular formula is C15H17N3O4. The van der Waals surface area contributed by atoms with Crippen molar-refractivity contribution >= 4 is 11.6 Å². The lowest BCUT2D eigenvalue weighted by Gasteiger charge is -2.22. The largest absolute Gasteiger partial charge is 0.483 e. The lowest BCUT2D eigenvalue weighted by molar-refractivity contribution is -0.385. The van der Waals surface area contributed by atoms with Crippen LogP contribution in [0.2, 0.25) is 0 Å². The number of benzene rings is 1. The Morgan fingerprint density at radius 3 is 2.82 bits per heavy atom. The van der Waals surface area contributed by atoms with E-state index in [4.69, 9.17) is 4.74 Å². The number of nitro groups is 1. The van der Waals surface area contributed by atoms with E-state index in [1.54, 1.807) is 19.9 Å². The minimum Gasteiger partial charge on any atom is -0.483 e. The zero-order chi connectivity index (χ0) is 16.3. The van der Waals surface area contributed by atoms with Crippen molar-refractivity contribution in [3.63, 3.8) is 0 Å². The molecule has 1 atom stereocenters. The normalized spacial score (nSPS) is 16.2. The van der Waals surface area contributed by atoms with E-state index in [1.165, 1.54) is 12.1 Å². The Hall–Kier alpha value is -2.62. The molecule has 0 spiro atoms. The second-order valence-corrected chi connectivity index (χ2v) is 5.58. The summed E-state index contributed by atoms with van der Waals surface area (Å²) in [6.45, 7) is 2.97. The van der Waals surface area contributed by atoms with Crippen molar-refractivity contribution in [3.05, 3.63) is 33.9 Å². The van der Waals surface area contributed by atoms with Crippen molar-refractivity contribution in [3.8, 4) is 11.8 Å². The molecule has 0 aliphatic heterocycles. The molecule has 7 heteroatoms. The van der Waals surface area contributed by atoms with Crippen LogP contribution < -0.4 is 10.1 Å². The predicted molar refractivity (Wildman–Crippen MR) is 78.2 cm³/mol. The quantitative estimate of drug-likeness (QED) is 0.640. The van der Waals surface area contributed by atoms with Crippen LogP contribution in [0.3, 0.4) is 0 Å². The molecule has 1 aliphatic rings. The summed E-state index contributed by atoms with van der Waals surface area (Å²) in [7, 11) is 0. The number of carbonyl (C=O) groups is 1. The van der Waals surface area contributed by atoms with Gasteiger partial charge in [-0.15, -0.1) is 0 Å². The summed E-state index contributed by atoms with van der Waals surface area (Å²) < 4.78 is 5.35. The van der Waals surface area contributed by atoms with Gasteiger partial charge in [-0.25, -0.2) is 0 Å². The van der Waals surface area contributed by atoms with E-state index < -0.39 is 16.4 Å². The van der Waals surface area contributed by atoms with Gasteiger partial charge in [0.1, 0.15) is 11.3 Å². The number of hydrogen-bond donors (Lipinski definition) is 1. The molecule has 7 nitrogen and oxygen atoms in total. The Labute approximate surface area is 128 Å². The van der Waals surface area contributed by atoms with E-state index in [2.05, 4.69) is 11.4 Å². The lowest BCUT2D eigenvalue weighted by Crippen LogP contribution is -2.48. The molecule has 22 heavy (non-hydrogen) atoms. The first-order valence-corrected chi connectivity index (χ1v) is 6.96. The second-order valence-electron chi connectivity index (χ2n) is 5.58. The van der Waals surface area contributed by atoms with Gasteiger partial charge in [-0.3, -0.25) is 14.9 Å². The van der Waals surface area contributed by atoms with E-state index in [9.17, 15) is 20.2 Å². The van der Waals surface area contributed by atoms with Gasteiger partial charge in [0.15, 0.2) is 6.61 Å². The highest BCUT2D eigenvalue weighted by atomic mass is 16.6.